The van der Waals surface area contributed by atoms with Crippen molar-refractivity contribution in [3.8, 4) is 12.3 Å². The van der Waals surface area contributed by atoms with Crippen molar-refractivity contribution >= 4 is 0 Å². The van der Waals surface area contributed by atoms with E-state index in [-0.39, 0.29) is 0 Å². The molecule has 0 spiro atoms. The fourth-order valence-electron chi connectivity index (χ4n) is 1.28. The average molecular weight is 188 g/mol. The summed E-state index contributed by atoms with van der Waals surface area (Å²) in [6, 6.07) is 4.42. The van der Waals surface area contributed by atoms with Crippen molar-refractivity contribution in [1.29, 1.82) is 0 Å². The Morgan fingerprint density at radius 2 is 2.21 bits per heavy atom. The fourth-order valence-corrected chi connectivity index (χ4v) is 1.28. The second-order valence-corrected chi connectivity index (χ2v) is 3.26. The Balaban J connectivity index is 2.29. The molecular weight excluding hydrogens is 172 g/mol. The van der Waals surface area contributed by atoms with E-state index in [1.807, 2.05) is 24.5 Å². The van der Waals surface area contributed by atoms with Gasteiger partial charge in [0, 0.05) is 24.9 Å². The standard InChI is InChI=1S/C12H16N2/c1-3-4-5-8-14-11(2)12-6-9-13-10-7-12/h1,6-7,9-11,14H,4-5,8H2,2H3. The van der Waals surface area contributed by atoms with E-state index < -0.39 is 0 Å². The molecule has 0 saturated carbocycles. The molecule has 1 aromatic heterocycles. The van der Waals surface area contributed by atoms with Crippen LogP contribution in [0, 0.1) is 12.3 Å². The van der Waals surface area contributed by atoms with Gasteiger partial charge in [0.2, 0.25) is 0 Å². The van der Waals surface area contributed by atoms with Crippen molar-refractivity contribution in [1.82, 2.24) is 10.3 Å². The summed E-state index contributed by atoms with van der Waals surface area (Å²) in [5.41, 5.74) is 1.26. The van der Waals surface area contributed by atoms with Crippen LogP contribution in [-0.4, -0.2) is 11.5 Å². The van der Waals surface area contributed by atoms with Crippen LogP contribution in [-0.2, 0) is 0 Å². The van der Waals surface area contributed by atoms with Crippen LogP contribution in [0.15, 0.2) is 24.5 Å². The Kier molecular flexibility index (Phi) is 4.74. The molecule has 0 amide bonds. The van der Waals surface area contributed by atoms with Crippen molar-refractivity contribution in [3.63, 3.8) is 0 Å². The van der Waals surface area contributed by atoms with Crippen molar-refractivity contribution in [2.45, 2.75) is 25.8 Å². The van der Waals surface area contributed by atoms with Crippen LogP contribution in [0.1, 0.15) is 31.4 Å². The molecule has 0 aliphatic rings. The molecule has 1 heterocycles. The molecule has 1 aromatic rings. The van der Waals surface area contributed by atoms with Gasteiger partial charge in [0.25, 0.3) is 0 Å². The van der Waals surface area contributed by atoms with Gasteiger partial charge < -0.3 is 5.32 Å². The lowest BCUT2D eigenvalue weighted by Gasteiger charge is -2.12. The van der Waals surface area contributed by atoms with Gasteiger partial charge in [0.1, 0.15) is 0 Å². The highest BCUT2D eigenvalue weighted by molar-refractivity contribution is 5.13. The Labute approximate surface area is 85.8 Å². The normalized spacial score (nSPS) is 12.0. The summed E-state index contributed by atoms with van der Waals surface area (Å²) in [5.74, 6) is 2.63. The monoisotopic (exact) mass is 188 g/mol. The van der Waals surface area contributed by atoms with E-state index in [1.165, 1.54) is 5.56 Å². The summed E-state index contributed by atoms with van der Waals surface area (Å²) < 4.78 is 0. The summed E-state index contributed by atoms with van der Waals surface area (Å²) in [4.78, 5) is 3.98. The molecule has 0 aliphatic carbocycles. The SMILES string of the molecule is C#CCCCNC(C)c1ccncc1. The van der Waals surface area contributed by atoms with Crippen LogP contribution >= 0.6 is 0 Å². The zero-order chi connectivity index (χ0) is 10.2. The van der Waals surface area contributed by atoms with Gasteiger partial charge in [-0.25, -0.2) is 0 Å². The van der Waals surface area contributed by atoms with Gasteiger partial charge in [0.05, 0.1) is 0 Å². The molecular formula is C12H16N2. The van der Waals surface area contributed by atoms with Crippen LogP contribution in [0.25, 0.3) is 0 Å². The van der Waals surface area contributed by atoms with E-state index in [2.05, 4.69) is 23.1 Å². The first kappa shape index (κ1) is 10.7. The minimum atomic E-state index is 0.371. The minimum absolute atomic E-state index is 0.371. The highest BCUT2D eigenvalue weighted by Crippen LogP contribution is 2.09. The maximum absolute atomic E-state index is 5.17. The second kappa shape index (κ2) is 6.17. The lowest BCUT2D eigenvalue weighted by Crippen LogP contribution is -2.19. The first-order valence-electron chi connectivity index (χ1n) is 4.91. The third-order valence-electron chi connectivity index (χ3n) is 2.15. The number of pyridine rings is 1. The number of unbranched alkanes of at least 4 members (excludes halogenated alkanes) is 1. The van der Waals surface area contributed by atoms with Gasteiger partial charge in [0.15, 0.2) is 0 Å². The topological polar surface area (TPSA) is 24.9 Å². The summed E-state index contributed by atoms with van der Waals surface area (Å²) in [6.07, 6.45) is 10.7. The van der Waals surface area contributed by atoms with Gasteiger partial charge in [-0.1, -0.05) is 0 Å². The van der Waals surface area contributed by atoms with Crippen LogP contribution < -0.4 is 5.32 Å². The molecule has 0 bridgehead atoms. The summed E-state index contributed by atoms with van der Waals surface area (Å²) in [5, 5.41) is 3.41. The van der Waals surface area contributed by atoms with Crippen molar-refractivity contribution < 1.29 is 0 Å². The molecule has 2 heteroatoms. The largest absolute Gasteiger partial charge is 0.310 e. The lowest BCUT2D eigenvalue weighted by molar-refractivity contribution is 0.562. The van der Waals surface area contributed by atoms with Gasteiger partial charge in [-0.2, -0.15) is 0 Å². The molecule has 0 aliphatic heterocycles. The number of rotatable bonds is 5. The van der Waals surface area contributed by atoms with Crippen LogP contribution in [0.2, 0.25) is 0 Å². The summed E-state index contributed by atoms with van der Waals surface area (Å²) in [6.45, 7) is 3.11. The van der Waals surface area contributed by atoms with Crippen molar-refractivity contribution in [2.75, 3.05) is 6.54 Å². The molecule has 0 radical (unpaired) electrons. The molecule has 1 unspecified atom stereocenters. The Morgan fingerprint density at radius 3 is 2.86 bits per heavy atom. The number of nitrogens with zero attached hydrogens (tertiary/aromatic N) is 1. The van der Waals surface area contributed by atoms with E-state index in [4.69, 9.17) is 6.42 Å². The number of terminal acetylenes is 1. The highest BCUT2D eigenvalue weighted by atomic mass is 14.9. The predicted octanol–water partition coefficient (Wildman–Crippen LogP) is 2.15. The van der Waals surface area contributed by atoms with E-state index in [9.17, 15) is 0 Å². The third kappa shape index (κ3) is 3.59. The van der Waals surface area contributed by atoms with Crippen LogP contribution in [0.3, 0.4) is 0 Å². The van der Waals surface area contributed by atoms with Gasteiger partial charge >= 0.3 is 0 Å². The number of hydrogen-bond acceptors (Lipinski definition) is 2. The zero-order valence-electron chi connectivity index (χ0n) is 8.53. The molecule has 14 heavy (non-hydrogen) atoms. The summed E-state index contributed by atoms with van der Waals surface area (Å²) >= 11 is 0. The Morgan fingerprint density at radius 1 is 1.50 bits per heavy atom. The average Bonchev–Trinajstić information content (AvgIpc) is 2.25. The van der Waals surface area contributed by atoms with Crippen molar-refractivity contribution in [3.05, 3.63) is 30.1 Å². The number of nitrogens with one attached hydrogen (secondary N) is 1. The highest BCUT2D eigenvalue weighted by Gasteiger charge is 2.02. The lowest BCUT2D eigenvalue weighted by atomic mass is 10.1. The van der Waals surface area contributed by atoms with Gasteiger partial charge in [-0.05, 0) is 37.6 Å². The minimum Gasteiger partial charge on any atom is -0.310 e. The smallest absolute Gasteiger partial charge is 0.0292 e. The number of hydrogen-bond donors (Lipinski definition) is 1. The van der Waals surface area contributed by atoms with E-state index in [0.29, 0.717) is 6.04 Å². The molecule has 1 rings (SSSR count). The first-order valence-corrected chi connectivity index (χ1v) is 4.91. The van der Waals surface area contributed by atoms with Crippen molar-refractivity contribution in [2.24, 2.45) is 0 Å². The molecule has 0 saturated heterocycles. The Hall–Kier alpha value is -1.33. The predicted molar refractivity (Wildman–Crippen MR) is 58.7 cm³/mol. The molecule has 1 N–H and O–H groups in total. The third-order valence-corrected chi connectivity index (χ3v) is 2.15. The summed E-state index contributed by atoms with van der Waals surface area (Å²) in [7, 11) is 0. The zero-order valence-corrected chi connectivity index (χ0v) is 8.53. The van der Waals surface area contributed by atoms with E-state index >= 15 is 0 Å². The molecule has 0 aromatic carbocycles. The quantitative estimate of drug-likeness (QED) is 0.565. The molecule has 1 atom stereocenters. The van der Waals surface area contributed by atoms with E-state index in [0.717, 1.165) is 19.4 Å². The molecule has 0 fully saturated rings. The molecule has 74 valence electrons. The first-order chi connectivity index (χ1) is 6.84. The second-order valence-electron chi connectivity index (χ2n) is 3.26. The fraction of sp³-hybridized carbons (Fsp3) is 0.417. The van der Waals surface area contributed by atoms with E-state index in [1.54, 1.807) is 0 Å². The number of aromatic nitrogens is 1. The maximum Gasteiger partial charge on any atom is 0.0292 e. The Bertz CT molecular complexity index is 287. The molecule has 2 nitrogen and oxygen atoms in total. The van der Waals surface area contributed by atoms with Crippen LogP contribution in [0.4, 0.5) is 0 Å². The van der Waals surface area contributed by atoms with Gasteiger partial charge in [-0.15, -0.1) is 12.3 Å². The van der Waals surface area contributed by atoms with Crippen LogP contribution in [0.5, 0.6) is 0 Å². The van der Waals surface area contributed by atoms with Gasteiger partial charge in [-0.3, -0.25) is 4.98 Å². The maximum atomic E-state index is 5.17.